The lowest BCUT2D eigenvalue weighted by molar-refractivity contribution is 0.0925. The summed E-state index contributed by atoms with van der Waals surface area (Å²) in [5, 5.41) is 16.8. The first-order valence-electron chi connectivity index (χ1n) is 3.74. The molecule has 0 fully saturated rings. The van der Waals surface area contributed by atoms with E-state index in [4.69, 9.17) is 16.7 Å². The third kappa shape index (κ3) is 2.21. The summed E-state index contributed by atoms with van der Waals surface area (Å²) >= 11 is 5.76. The maximum absolute atomic E-state index is 9.59. The third-order valence-electron chi connectivity index (χ3n) is 1.66. The van der Waals surface area contributed by atoms with Gasteiger partial charge in [0.05, 0.1) is 0 Å². The maximum Gasteiger partial charge on any atom is 0.166 e. The summed E-state index contributed by atoms with van der Waals surface area (Å²) in [5.41, 5.74) is 0.612. The number of halogens is 1. The van der Waals surface area contributed by atoms with E-state index in [-0.39, 0.29) is 13.0 Å². The molecule has 0 heterocycles. The number of aliphatic hydroxyl groups is 2. The van der Waals surface area contributed by atoms with Crippen molar-refractivity contribution in [1.29, 1.82) is 0 Å². The van der Waals surface area contributed by atoms with Crippen LogP contribution in [0.5, 0.6) is 0 Å². The molecule has 0 aliphatic carbocycles. The van der Waals surface area contributed by atoms with E-state index >= 15 is 0 Å². The monoisotopic (exact) mass is 186 g/mol. The van der Waals surface area contributed by atoms with Crippen molar-refractivity contribution >= 4 is 11.6 Å². The summed E-state index contributed by atoms with van der Waals surface area (Å²) in [4.78, 5) is 0. The van der Waals surface area contributed by atoms with Crippen molar-refractivity contribution in [2.45, 2.75) is 11.5 Å². The van der Waals surface area contributed by atoms with Crippen molar-refractivity contribution in [3.63, 3.8) is 0 Å². The molecule has 0 radical (unpaired) electrons. The second-order valence-corrected chi connectivity index (χ2v) is 3.22. The Hall–Kier alpha value is -0.570. The summed E-state index contributed by atoms with van der Waals surface area (Å²) in [5.74, 6) is 0. The molecule has 0 bridgehead atoms. The highest BCUT2D eigenvalue weighted by atomic mass is 35.5. The molecule has 0 aliphatic heterocycles. The fourth-order valence-corrected chi connectivity index (χ4v) is 1.20. The lowest BCUT2D eigenvalue weighted by atomic mass is 10.1. The number of aliphatic hydroxyl groups excluding tert-OH is 1. The minimum atomic E-state index is -1.43. The van der Waals surface area contributed by atoms with Gasteiger partial charge in [0.1, 0.15) is 0 Å². The zero-order valence-electron chi connectivity index (χ0n) is 6.57. The fraction of sp³-hybridized carbons (Fsp3) is 0.333. The predicted octanol–water partition coefficient (Wildman–Crippen LogP) is 1.45. The van der Waals surface area contributed by atoms with Gasteiger partial charge in [0, 0.05) is 13.0 Å². The van der Waals surface area contributed by atoms with Crippen LogP contribution in [0.1, 0.15) is 12.0 Å². The van der Waals surface area contributed by atoms with Crippen molar-refractivity contribution in [2.24, 2.45) is 0 Å². The van der Waals surface area contributed by atoms with E-state index in [2.05, 4.69) is 0 Å². The highest BCUT2D eigenvalue weighted by Gasteiger charge is 2.24. The Kier molecular flexibility index (Phi) is 3.09. The van der Waals surface area contributed by atoms with E-state index in [0.29, 0.717) is 5.56 Å². The zero-order valence-corrected chi connectivity index (χ0v) is 7.33. The molecule has 1 aromatic rings. The fourth-order valence-electron chi connectivity index (χ4n) is 0.986. The molecular formula is C9H11ClO2. The predicted molar refractivity (Wildman–Crippen MR) is 47.9 cm³/mol. The van der Waals surface area contributed by atoms with Crippen LogP contribution >= 0.6 is 11.6 Å². The Bertz CT molecular complexity index is 234. The van der Waals surface area contributed by atoms with Gasteiger partial charge in [0.2, 0.25) is 0 Å². The van der Waals surface area contributed by atoms with Crippen molar-refractivity contribution in [2.75, 3.05) is 6.61 Å². The molecule has 0 saturated carbocycles. The Morgan fingerprint density at radius 3 is 2.33 bits per heavy atom. The first kappa shape index (κ1) is 9.52. The number of hydrogen-bond acceptors (Lipinski definition) is 2. The molecule has 1 rings (SSSR count). The highest BCUT2D eigenvalue weighted by molar-refractivity contribution is 6.22. The van der Waals surface area contributed by atoms with Crippen LogP contribution in [0.2, 0.25) is 0 Å². The van der Waals surface area contributed by atoms with E-state index in [0.717, 1.165) is 0 Å². The molecular weight excluding hydrogens is 176 g/mol. The van der Waals surface area contributed by atoms with E-state index in [9.17, 15) is 5.11 Å². The highest BCUT2D eigenvalue weighted by Crippen LogP contribution is 2.28. The average Bonchev–Trinajstić information content (AvgIpc) is 2.06. The first-order valence-corrected chi connectivity index (χ1v) is 4.12. The molecule has 3 heteroatoms. The van der Waals surface area contributed by atoms with Gasteiger partial charge < -0.3 is 10.2 Å². The molecule has 1 atom stereocenters. The quantitative estimate of drug-likeness (QED) is 0.702. The SMILES string of the molecule is OCCC(O)(Cl)c1ccccc1. The largest absolute Gasteiger partial charge is 0.396 e. The van der Waals surface area contributed by atoms with E-state index < -0.39 is 5.06 Å². The summed E-state index contributed by atoms with van der Waals surface area (Å²) in [6.45, 7) is -0.130. The van der Waals surface area contributed by atoms with Gasteiger partial charge in [0.25, 0.3) is 0 Å². The van der Waals surface area contributed by atoms with Crippen molar-refractivity contribution < 1.29 is 10.2 Å². The van der Waals surface area contributed by atoms with Crippen LogP contribution in [0.15, 0.2) is 30.3 Å². The van der Waals surface area contributed by atoms with Crippen LogP contribution in [0.25, 0.3) is 0 Å². The van der Waals surface area contributed by atoms with Gasteiger partial charge in [-0.2, -0.15) is 0 Å². The Balaban J connectivity index is 2.82. The molecule has 2 N–H and O–H groups in total. The Labute approximate surface area is 76.4 Å². The van der Waals surface area contributed by atoms with Crippen molar-refractivity contribution in [3.8, 4) is 0 Å². The van der Waals surface area contributed by atoms with Gasteiger partial charge in [-0.3, -0.25) is 0 Å². The zero-order chi connectivity index (χ0) is 9.03. The van der Waals surface area contributed by atoms with Crippen LogP contribution < -0.4 is 0 Å². The topological polar surface area (TPSA) is 40.5 Å². The second kappa shape index (κ2) is 3.90. The number of rotatable bonds is 3. The summed E-state index contributed by atoms with van der Waals surface area (Å²) < 4.78 is 0. The molecule has 2 nitrogen and oxygen atoms in total. The van der Waals surface area contributed by atoms with Crippen LogP contribution in [0.3, 0.4) is 0 Å². The minimum absolute atomic E-state index is 0.130. The van der Waals surface area contributed by atoms with Crippen molar-refractivity contribution in [1.82, 2.24) is 0 Å². The summed E-state index contributed by atoms with van der Waals surface area (Å²) in [7, 11) is 0. The summed E-state index contributed by atoms with van der Waals surface area (Å²) in [6, 6.07) is 8.88. The maximum atomic E-state index is 9.59. The third-order valence-corrected chi connectivity index (χ3v) is 2.07. The molecule has 0 spiro atoms. The van der Waals surface area contributed by atoms with Gasteiger partial charge in [0.15, 0.2) is 5.06 Å². The van der Waals surface area contributed by atoms with Gasteiger partial charge in [-0.15, -0.1) is 0 Å². The normalized spacial score (nSPS) is 15.6. The molecule has 12 heavy (non-hydrogen) atoms. The minimum Gasteiger partial charge on any atom is -0.396 e. The molecule has 66 valence electrons. The Morgan fingerprint density at radius 1 is 1.25 bits per heavy atom. The summed E-state index contributed by atoms with van der Waals surface area (Å²) in [6.07, 6.45) is 0.137. The van der Waals surface area contributed by atoms with Gasteiger partial charge >= 0.3 is 0 Å². The lowest BCUT2D eigenvalue weighted by Crippen LogP contribution is -2.19. The van der Waals surface area contributed by atoms with Crippen molar-refractivity contribution in [3.05, 3.63) is 35.9 Å². The van der Waals surface area contributed by atoms with Gasteiger partial charge in [-0.05, 0) is 5.56 Å². The molecule has 0 saturated heterocycles. The lowest BCUT2D eigenvalue weighted by Gasteiger charge is -2.19. The number of alkyl halides is 1. The first-order chi connectivity index (χ1) is 5.67. The number of hydrogen-bond donors (Lipinski definition) is 2. The molecule has 0 aliphatic rings. The van der Waals surface area contributed by atoms with E-state index in [1.54, 1.807) is 24.3 Å². The molecule has 1 unspecified atom stereocenters. The smallest absolute Gasteiger partial charge is 0.166 e. The van der Waals surface area contributed by atoms with E-state index in [1.807, 2.05) is 6.07 Å². The van der Waals surface area contributed by atoms with Gasteiger partial charge in [-0.1, -0.05) is 41.9 Å². The molecule has 0 aromatic heterocycles. The van der Waals surface area contributed by atoms with Crippen LogP contribution in [-0.4, -0.2) is 16.8 Å². The molecule has 1 aromatic carbocycles. The van der Waals surface area contributed by atoms with Gasteiger partial charge in [-0.25, -0.2) is 0 Å². The Morgan fingerprint density at radius 2 is 1.83 bits per heavy atom. The second-order valence-electron chi connectivity index (χ2n) is 2.60. The number of benzene rings is 1. The van der Waals surface area contributed by atoms with E-state index in [1.165, 1.54) is 0 Å². The standard InChI is InChI=1S/C9H11ClO2/c10-9(12,6-7-11)8-4-2-1-3-5-8/h1-5,11-12H,6-7H2. The molecule has 0 amide bonds. The van der Waals surface area contributed by atoms with Crippen LogP contribution in [-0.2, 0) is 5.06 Å². The van der Waals surface area contributed by atoms with Crippen LogP contribution in [0.4, 0.5) is 0 Å². The average molecular weight is 187 g/mol. The van der Waals surface area contributed by atoms with Crippen LogP contribution in [0, 0.1) is 0 Å².